The average Bonchev–Trinajstić information content (AvgIpc) is 2.59. The molecule has 0 bridgehead atoms. The van der Waals surface area contributed by atoms with E-state index in [1.807, 2.05) is 24.0 Å². The van der Waals surface area contributed by atoms with Gasteiger partial charge < -0.3 is 10.2 Å². The van der Waals surface area contributed by atoms with Crippen LogP contribution in [0.1, 0.15) is 68.8 Å². The fourth-order valence-corrected chi connectivity index (χ4v) is 3.25. The van der Waals surface area contributed by atoms with Gasteiger partial charge in [0.05, 0.1) is 0 Å². The van der Waals surface area contributed by atoms with Gasteiger partial charge >= 0.3 is 0 Å². The number of benzene rings is 1. The van der Waals surface area contributed by atoms with E-state index in [0.717, 1.165) is 18.4 Å². The summed E-state index contributed by atoms with van der Waals surface area (Å²) in [6.45, 7) is 9.54. The van der Waals surface area contributed by atoms with E-state index in [0.29, 0.717) is 25.1 Å². The summed E-state index contributed by atoms with van der Waals surface area (Å²) in [5.41, 5.74) is 1.75. The zero-order valence-electron chi connectivity index (χ0n) is 17.0. The molecule has 0 aliphatic carbocycles. The first-order chi connectivity index (χ1) is 12.6. The standard InChI is InChI=1S/C22H32N2O3/c1-16-5-7-17(8-6-16)19(25)9-10-20(26)23-18-11-13-24(14-12-18)21(27)15-22(2,3)4/h5-8,18H,9-15H2,1-4H3,(H,23,26). The highest BCUT2D eigenvalue weighted by atomic mass is 16.2. The molecule has 1 N–H and O–H groups in total. The van der Waals surface area contributed by atoms with Crippen molar-refractivity contribution in [2.45, 2.75) is 65.8 Å². The molecule has 5 heteroatoms. The number of carbonyl (C=O) groups is 3. The lowest BCUT2D eigenvalue weighted by atomic mass is 9.91. The summed E-state index contributed by atoms with van der Waals surface area (Å²) in [6, 6.07) is 7.51. The molecule has 1 fully saturated rings. The lowest BCUT2D eigenvalue weighted by Crippen LogP contribution is -2.47. The van der Waals surface area contributed by atoms with Gasteiger partial charge in [-0.1, -0.05) is 50.6 Å². The van der Waals surface area contributed by atoms with Gasteiger partial charge in [-0.2, -0.15) is 0 Å². The number of hydrogen-bond donors (Lipinski definition) is 1. The Morgan fingerprint density at radius 2 is 1.63 bits per heavy atom. The molecule has 2 rings (SSSR count). The minimum atomic E-state index is -0.0880. The maximum absolute atomic E-state index is 12.3. The number of piperidine rings is 1. The molecule has 1 aliphatic heterocycles. The summed E-state index contributed by atoms with van der Waals surface area (Å²) in [6.07, 6.45) is 2.51. The maximum Gasteiger partial charge on any atom is 0.223 e. The molecule has 148 valence electrons. The molecule has 1 aromatic carbocycles. The lowest BCUT2D eigenvalue weighted by molar-refractivity contribution is -0.134. The van der Waals surface area contributed by atoms with Crippen LogP contribution in [0.25, 0.3) is 0 Å². The van der Waals surface area contributed by atoms with Gasteiger partial charge in [0.25, 0.3) is 0 Å². The summed E-state index contributed by atoms with van der Waals surface area (Å²) in [5.74, 6) is 0.0960. The van der Waals surface area contributed by atoms with Crippen LogP contribution in [0.15, 0.2) is 24.3 Å². The van der Waals surface area contributed by atoms with E-state index in [-0.39, 0.29) is 41.9 Å². The SMILES string of the molecule is Cc1ccc(C(=O)CCC(=O)NC2CCN(C(=O)CC(C)(C)C)CC2)cc1. The van der Waals surface area contributed by atoms with Crippen molar-refractivity contribution in [3.63, 3.8) is 0 Å². The molecule has 0 atom stereocenters. The number of amides is 2. The number of rotatable bonds is 6. The zero-order valence-corrected chi connectivity index (χ0v) is 17.0. The van der Waals surface area contributed by atoms with Crippen molar-refractivity contribution in [2.75, 3.05) is 13.1 Å². The molecular formula is C22H32N2O3. The van der Waals surface area contributed by atoms with E-state index in [2.05, 4.69) is 26.1 Å². The fraction of sp³-hybridized carbons (Fsp3) is 0.591. The van der Waals surface area contributed by atoms with E-state index in [9.17, 15) is 14.4 Å². The molecule has 1 aliphatic rings. The molecule has 1 saturated heterocycles. The van der Waals surface area contributed by atoms with Crippen molar-refractivity contribution in [1.29, 1.82) is 0 Å². The Kier molecular flexibility index (Phi) is 7.17. The van der Waals surface area contributed by atoms with Crippen molar-refractivity contribution in [3.8, 4) is 0 Å². The molecule has 0 unspecified atom stereocenters. The highest BCUT2D eigenvalue weighted by Gasteiger charge is 2.26. The second-order valence-corrected chi connectivity index (χ2v) is 8.75. The molecule has 0 radical (unpaired) electrons. The molecule has 5 nitrogen and oxygen atoms in total. The van der Waals surface area contributed by atoms with Crippen molar-refractivity contribution < 1.29 is 14.4 Å². The number of nitrogens with one attached hydrogen (secondary N) is 1. The van der Waals surface area contributed by atoms with Gasteiger partial charge in [0.1, 0.15) is 0 Å². The summed E-state index contributed by atoms with van der Waals surface area (Å²) in [7, 11) is 0. The van der Waals surface area contributed by atoms with Crippen molar-refractivity contribution >= 4 is 17.6 Å². The third-order valence-corrected chi connectivity index (χ3v) is 4.85. The van der Waals surface area contributed by atoms with Crippen LogP contribution in [0.4, 0.5) is 0 Å². The molecule has 27 heavy (non-hydrogen) atoms. The first kappa shape index (κ1) is 21.1. The van der Waals surface area contributed by atoms with Crippen LogP contribution in [-0.2, 0) is 9.59 Å². The third-order valence-electron chi connectivity index (χ3n) is 4.85. The van der Waals surface area contributed by atoms with Crippen LogP contribution < -0.4 is 5.32 Å². The first-order valence-corrected chi connectivity index (χ1v) is 9.81. The molecule has 0 spiro atoms. The summed E-state index contributed by atoms with van der Waals surface area (Å²) < 4.78 is 0. The number of likely N-dealkylation sites (tertiary alicyclic amines) is 1. The van der Waals surface area contributed by atoms with Crippen molar-refractivity contribution in [2.24, 2.45) is 5.41 Å². The second-order valence-electron chi connectivity index (χ2n) is 8.75. The predicted octanol–water partition coefficient (Wildman–Crippen LogP) is 3.50. The Hall–Kier alpha value is -2.17. The van der Waals surface area contributed by atoms with Gasteiger partial charge in [-0.25, -0.2) is 0 Å². The van der Waals surface area contributed by atoms with Crippen LogP contribution in [-0.4, -0.2) is 41.6 Å². The molecular weight excluding hydrogens is 340 g/mol. The van der Waals surface area contributed by atoms with E-state index >= 15 is 0 Å². The third kappa shape index (κ3) is 7.16. The highest BCUT2D eigenvalue weighted by Crippen LogP contribution is 2.21. The number of aryl methyl sites for hydroxylation is 1. The highest BCUT2D eigenvalue weighted by molar-refractivity contribution is 5.98. The van der Waals surface area contributed by atoms with Gasteiger partial charge in [-0.3, -0.25) is 14.4 Å². The Labute approximate surface area is 162 Å². The van der Waals surface area contributed by atoms with Gasteiger partial charge in [0.2, 0.25) is 11.8 Å². The van der Waals surface area contributed by atoms with Crippen LogP contribution >= 0.6 is 0 Å². The van der Waals surface area contributed by atoms with Gasteiger partial charge in [0, 0.05) is 44.0 Å². The summed E-state index contributed by atoms with van der Waals surface area (Å²) >= 11 is 0. The zero-order chi connectivity index (χ0) is 20.0. The number of ketones is 1. The van der Waals surface area contributed by atoms with Crippen LogP contribution in [0, 0.1) is 12.3 Å². The Morgan fingerprint density at radius 1 is 1.04 bits per heavy atom. The van der Waals surface area contributed by atoms with Crippen molar-refractivity contribution in [1.82, 2.24) is 10.2 Å². The Balaban J connectivity index is 1.70. The van der Waals surface area contributed by atoms with Gasteiger partial charge in [0.15, 0.2) is 5.78 Å². The minimum Gasteiger partial charge on any atom is -0.353 e. The molecule has 0 saturated carbocycles. The minimum absolute atomic E-state index is 0.00672. The van der Waals surface area contributed by atoms with E-state index in [4.69, 9.17) is 0 Å². The monoisotopic (exact) mass is 372 g/mol. The second kappa shape index (κ2) is 9.16. The van der Waals surface area contributed by atoms with Crippen molar-refractivity contribution in [3.05, 3.63) is 35.4 Å². The number of carbonyl (C=O) groups excluding carboxylic acids is 3. The van der Waals surface area contributed by atoms with E-state index < -0.39 is 0 Å². The Morgan fingerprint density at radius 3 is 2.19 bits per heavy atom. The first-order valence-electron chi connectivity index (χ1n) is 9.81. The molecule has 2 amide bonds. The average molecular weight is 373 g/mol. The van der Waals surface area contributed by atoms with E-state index in [1.54, 1.807) is 12.1 Å². The fourth-order valence-electron chi connectivity index (χ4n) is 3.25. The van der Waals surface area contributed by atoms with Crippen LogP contribution in [0.2, 0.25) is 0 Å². The van der Waals surface area contributed by atoms with Gasteiger partial charge in [-0.15, -0.1) is 0 Å². The summed E-state index contributed by atoms with van der Waals surface area (Å²) in [4.78, 5) is 38.5. The number of hydrogen-bond acceptors (Lipinski definition) is 3. The quantitative estimate of drug-likeness (QED) is 0.777. The summed E-state index contributed by atoms with van der Waals surface area (Å²) in [5, 5.41) is 3.01. The topological polar surface area (TPSA) is 66.5 Å². The normalized spacial score (nSPS) is 15.5. The smallest absolute Gasteiger partial charge is 0.223 e. The Bertz CT molecular complexity index is 666. The van der Waals surface area contributed by atoms with E-state index in [1.165, 1.54) is 0 Å². The molecule has 0 aromatic heterocycles. The molecule has 1 heterocycles. The predicted molar refractivity (Wildman–Crippen MR) is 107 cm³/mol. The largest absolute Gasteiger partial charge is 0.353 e. The lowest BCUT2D eigenvalue weighted by Gasteiger charge is -2.34. The van der Waals surface area contributed by atoms with Gasteiger partial charge in [-0.05, 0) is 25.2 Å². The maximum atomic E-state index is 12.3. The molecule has 1 aromatic rings. The van der Waals surface area contributed by atoms with Crippen LogP contribution in [0.3, 0.4) is 0 Å². The number of nitrogens with zero attached hydrogens (tertiary/aromatic N) is 1. The number of Topliss-reactive ketones (excluding diaryl/α,β-unsaturated/α-hetero) is 1. The van der Waals surface area contributed by atoms with Crippen LogP contribution in [0.5, 0.6) is 0 Å².